The van der Waals surface area contributed by atoms with Crippen LogP contribution in [0.5, 0.6) is 0 Å². The first-order chi connectivity index (χ1) is 5.97. The van der Waals surface area contributed by atoms with Gasteiger partial charge in [-0.2, -0.15) is 0 Å². The average molecular weight is 158 g/mol. The van der Waals surface area contributed by atoms with Crippen LogP contribution in [-0.4, -0.2) is 10.3 Å². The zero-order valence-electron chi connectivity index (χ0n) is 5.87. The summed E-state index contributed by atoms with van der Waals surface area (Å²) in [4.78, 5) is 0. The highest BCUT2D eigenvalue weighted by atomic mass is 16.5. The van der Waals surface area contributed by atoms with Crippen molar-refractivity contribution < 1.29 is 9.05 Å². The van der Waals surface area contributed by atoms with Gasteiger partial charge >= 0.3 is 0 Å². The van der Waals surface area contributed by atoms with E-state index >= 15 is 0 Å². The molecule has 0 saturated heterocycles. The van der Waals surface area contributed by atoms with E-state index in [-0.39, 0.29) is 0 Å². The zero-order chi connectivity index (χ0) is 7.71. The zero-order valence-corrected chi connectivity index (χ0v) is 5.87. The van der Waals surface area contributed by atoms with Gasteiger partial charge in [0, 0.05) is 10.4 Å². The van der Waals surface area contributed by atoms with Crippen molar-refractivity contribution in [2.45, 2.75) is 0 Å². The molecular formula is C8H2N2O2. The molecule has 0 bridgehead atoms. The summed E-state index contributed by atoms with van der Waals surface area (Å²) in [5.41, 5.74) is 1.75. The smallest absolute Gasteiger partial charge is 0.176 e. The average Bonchev–Trinajstić information content (AvgIpc) is 2.58. The summed E-state index contributed by atoms with van der Waals surface area (Å²) in [5.74, 6) is 0. The highest BCUT2D eigenvalue weighted by Crippen LogP contribution is 2.36. The molecule has 0 saturated carbocycles. The van der Waals surface area contributed by atoms with Crippen LogP contribution in [0.3, 0.4) is 0 Å². The molecule has 0 unspecified atom stereocenters. The Kier molecular flexibility index (Phi) is 0.509. The second kappa shape index (κ2) is 1.24. The predicted octanol–water partition coefficient (Wildman–Crippen LogP) is 1.57. The summed E-state index contributed by atoms with van der Waals surface area (Å²) in [5, 5.41) is 11.8. The van der Waals surface area contributed by atoms with E-state index in [1.807, 2.05) is 0 Å². The summed E-state index contributed by atoms with van der Waals surface area (Å²) >= 11 is 0. The standard InChI is InChI=1S/C8H2N2O2/c1-3-5-6(7(3)11-9-1)4-2-10-12-8(4)5/h1-2H. The van der Waals surface area contributed by atoms with Crippen LogP contribution in [0.25, 0.3) is 21.9 Å². The molecule has 4 heteroatoms. The van der Waals surface area contributed by atoms with Gasteiger partial charge in [-0.15, -0.1) is 0 Å². The maximum atomic E-state index is 5.03. The van der Waals surface area contributed by atoms with E-state index in [2.05, 4.69) is 10.3 Å². The molecule has 0 aliphatic heterocycles. The van der Waals surface area contributed by atoms with Gasteiger partial charge in [0.25, 0.3) is 0 Å². The Morgan fingerprint density at radius 2 is 1.33 bits per heavy atom. The van der Waals surface area contributed by atoms with E-state index in [9.17, 15) is 0 Å². The third-order valence-corrected chi connectivity index (χ3v) is 2.38. The topological polar surface area (TPSA) is 52.1 Å². The van der Waals surface area contributed by atoms with Crippen LogP contribution in [0.2, 0.25) is 0 Å². The minimum atomic E-state index is 0.876. The van der Waals surface area contributed by atoms with Crippen molar-refractivity contribution in [2.75, 3.05) is 0 Å². The lowest BCUT2D eigenvalue weighted by molar-refractivity contribution is 0.450. The van der Waals surface area contributed by atoms with Gasteiger partial charge < -0.3 is 9.05 Å². The van der Waals surface area contributed by atoms with Gasteiger partial charge in [0.05, 0.1) is 23.2 Å². The van der Waals surface area contributed by atoms with Gasteiger partial charge in [0.2, 0.25) is 0 Å². The molecule has 2 aromatic heterocycles. The molecule has 4 nitrogen and oxygen atoms in total. The van der Waals surface area contributed by atoms with Gasteiger partial charge in [-0.1, -0.05) is 10.3 Å². The summed E-state index contributed by atoms with van der Waals surface area (Å²) in [7, 11) is 0. The van der Waals surface area contributed by atoms with Crippen molar-refractivity contribution in [3.8, 4) is 0 Å². The molecule has 4 rings (SSSR count). The Labute approximate surface area is 65.0 Å². The Bertz CT molecular complexity index is 593. The second-order valence-corrected chi connectivity index (χ2v) is 2.89. The van der Waals surface area contributed by atoms with Gasteiger partial charge in [-0.3, -0.25) is 0 Å². The highest BCUT2D eigenvalue weighted by molar-refractivity contribution is 6.03. The number of rotatable bonds is 0. The van der Waals surface area contributed by atoms with Crippen LogP contribution in [0.4, 0.5) is 0 Å². The summed E-state index contributed by atoms with van der Waals surface area (Å²) in [6, 6.07) is 0. The molecule has 0 spiro atoms. The van der Waals surface area contributed by atoms with Gasteiger partial charge in [-0.25, -0.2) is 0 Å². The van der Waals surface area contributed by atoms with Crippen molar-refractivity contribution >= 4 is 21.9 Å². The predicted molar refractivity (Wildman–Crippen MR) is 39.2 cm³/mol. The van der Waals surface area contributed by atoms with Gasteiger partial charge in [-0.05, 0) is 0 Å². The molecule has 56 valence electrons. The molecule has 0 N–H and O–H groups in total. The largest absolute Gasteiger partial charge is 0.356 e. The molecule has 0 fully saturated rings. The van der Waals surface area contributed by atoms with E-state index < -0.39 is 0 Å². The Hall–Kier alpha value is -1.84. The Morgan fingerprint density at radius 3 is 1.83 bits per heavy atom. The van der Waals surface area contributed by atoms with Crippen molar-refractivity contribution in [1.82, 2.24) is 10.3 Å². The third kappa shape index (κ3) is 0.287. The maximum absolute atomic E-state index is 5.03. The Balaban J connectivity index is 2.55. The fourth-order valence-electron chi connectivity index (χ4n) is 1.81. The molecule has 2 heterocycles. The van der Waals surface area contributed by atoms with E-state index in [0.717, 1.165) is 32.4 Å². The van der Waals surface area contributed by atoms with Crippen LogP contribution in [0.15, 0.2) is 21.4 Å². The summed E-state index contributed by atoms with van der Waals surface area (Å²) in [6.07, 6.45) is 3.42. The van der Waals surface area contributed by atoms with E-state index in [1.165, 1.54) is 0 Å². The summed E-state index contributed by atoms with van der Waals surface area (Å²) < 4.78 is 10.1. The van der Waals surface area contributed by atoms with Crippen molar-refractivity contribution in [1.29, 1.82) is 0 Å². The van der Waals surface area contributed by atoms with Crippen LogP contribution in [0.1, 0.15) is 0 Å². The van der Waals surface area contributed by atoms with Crippen LogP contribution >= 0.6 is 0 Å². The molecule has 12 heavy (non-hydrogen) atoms. The van der Waals surface area contributed by atoms with Crippen molar-refractivity contribution in [2.24, 2.45) is 0 Å². The molecule has 0 radical (unpaired) electrons. The molecule has 2 aromatic rings. The third-order valence-electron chi connectivity index (χ3n) is 2.38. The first-order valence-electron chi connectivity index (χ1n) is 3.62. The quantitative estimate of drug-likeness (QED) is 0.389. The van der Waals surface area contributed by atoms with E-state index in [1.54, 1.807) is 12.4 Å². The van der Waals surface area contributed by atoms with Gasteiger partial charge in [0.15, 0.2) is 11.2 Å². The number of nitrogens with zero attached hydrogens (tertiary/aromatic N) is 2. The fraction of sp³-hybridized carbons (Fsp3) is 0. The number of aromatic nitrogens is 2. The first kappa shape index (κ1) is 4.92. The normalized spacial score (nSPS) is 13.0. The van der Waals surface area contributed by atoms with Gasteiger partial charge in [0.1, 0.15) is 0 Å². The molecule has 0 amide bonds. The molecular weight excluding hydrogens is 156 g/mol. The monoisotopic (exact) mass is 158 g/mol. The second-order valence-electron chi connectivity index (χ2n) is 2.89. The summed E-state index contributed by atoms with van der Waals surface area (Å²) in [6.45, 7) is 0. The maximum Gasteiger partial charge on any atom is 0.176 e. The molecule has 0 atom stereocenters. The lowest BCUT2D eigenvalue weighted by Gasteiger charge is -2.03. The highest BCUT2D eigenvalue weighted by Gasteiger charge is 2.23. The SMILES string of the molecule is c1noc2c3c4cnoc4c=3c12. The minimum absolute atomic E-state index is 0.876. The van der Waals surface area contributed by atoms with Crippen molar-refractivity contribution in [3.63, 3.8) is 0 Å². The number of benzene rings is 1. The molecule has 0 aromatic carbocycles. The fourth-order valence-corrected chi connectivity index (χ4v) is 1.81. The Morgan fingerprint density at radius 1 is 0.833 bits per heavy atom. The minimum Gasteiger partial charge on any atom is -0.356 e. The molecule has 2 aliphatic carbocycles. The van der Waals surface area contributed by atoms with E-state index in [0.29, 0.717) is 0 Å². The number of hydrogen-bond acceptors (Lipinski definition) is 4. The number of hydrogen-bond donors (Lipinski definition) is 0. The number of fused-ring (bicyclic) bond motifs is 6. The van der Waals surface area contributed by atoms with Crippen molar-refractivity contribution in [3.05, 3.63) is 22.8 Å². The van der Waals surface area contributed by atoms with Crippen LogP contribution < -0.4 is 0 Å². The lowest BCUT2D eigenvalue weighted by Crippen LogP contribution is -1.89. The van der Waals surface area contributed by atoms with Crippen LogP contribution in [0, 0.1) is 10.4 Å². The molecule has 2 aliphatic rings. The van der Waals surface area contributed by atoms with E-state index in [4.69, 9.17) is 9.05 Å². The van der Waals surface area contributed by atoms with Crippen LogP contribution in [-0.2, 0) is 0 Å². The first-order valence-corrected chi connectivity index (χ1v) is 3.62. The lowest BCUT2D eigenvalue weighted by atomic mass is 9.97.